The molecule has 2 unspecified atom stereocenters. The number of nitrogens with two attached hydrogens (primary N) is 1. The summed E-state index contributed by atoms with van der Waals surface area (Å²) in [5.74, 6) is 0.488. The van der Waals surface area contributed by atoms with Crippen molar-refractivity contribution < 1.29 is 4.79 Å². The zero-order valence-electron chi connectivity index (χ0n) is 12.3. The minimum Gasteiger partial charge on any atom is -0.336 e. The van der Waals surface area contributed by atoms with Crippen LogP contribution in [0.2, 0.25) is 0 Å². The minimum absolute atomic E-state index is 0. The number of hydrogen-bond acceptors (Lipinski definition) is 3. The zero-order valence-corrected chi connectivity index (χ0v) is 13.1. The number of carbonyl (C=O) groups is 1. The molecule has 3 N–H and O–H groups in total. The number of H-pyrrole nitrogens is 1. The maximum atomic E-state index is 12.8. The highest BCUT2D eigenvalue weighted by atomic mass is 35.5. The van der Waals surface area contributed by atoms with Crippen molar-refractivity contribution in [3.63, 3.8) is 0 Å². The van der Waals surface area contributed by atoms with Crippen LogP contribution in [0.15, 0.2) is 18.3 Å². The van der Waals surface area contributed by atoms with Crippen LogP contribution >= 0.6 is 12.4 Å². The number of halogens is 1. The molecule has 0 radical (unpaired) electrons. The fraction of sp³-hybridized carbons (Fsp3) is 0.467. The first-order valence-corrected chi connectivity index (χ1v) is 7.05. The summed E-state index contributed by atoms with van der Waals surface area (Å²) in [4.78, 5) is 14.8. The molecule has 5 nitrogen and oxygen atoms in total. The second kappa shape index (κ2) is 6.03. The molecule has 2 atom stereocenters. The fourth-order valence-electron chi connectivity index (χ4n) is 3.13. The number of hydrogen-bond donors (Lipinski definition) is 2. The van der Waals surface area contributed by atoms with E-state index >= 15 is 0 Å². The van der Waals surface area contributed by atoms with Crippen molar-refractivity contribution in [1.29, 1.82) is 0 Å². The summed E-state index contributed by atoms with van der Waals surface area (Å²) in [7, 11) is 0. The molecule has 6 heteroatoms. The Morgan fingerprint density at radius 2 is 2.29 bits per heavy atom. The lowest BCUT2D eigenvalue weighted by Gasteiger charge is -2.22. The topological polar surface area (TPSA) is 75.0 Å². The second-order valence-electron chi connectivity index (χ2n) is 5.79. The summed E-state index contributed by atoms with van der Waals surface area (Å²) < 4.78 is 0. The van der Waals surface area contributed by atoms with Gasteiger partial charge in [0.15, 0.2) is 0 Å². The van der Waals surface area contributed by atoms with Gasteiger partial charge in [0, 0.05) is 18.0 Å². The summed E-state index contributed by atoms with van der Waals surface area (Å²) in [6.45, 7) is 5.48. The highest BCUT2D eigenvalue weighted by Crippen LogP contribution is 2.27. The van der Waals surface area contributed by atoms with Gasteiger partial charge in [0.05, 0.1) is 17.3 Å². The van der Waals surface area contributed by atoms with Crippen LogP contribution in [0, 0.1) is 12.8 Å². The smallest absolute Gasteiger partial charge is 0.256 e. The fourth-order valence-corrected chi connectivity index (χ4v) is 3.13. The lowest BCUT2D eigenvalue weighted by atomic mass is 10.1. The van der Waals surface area contributed by atoms with E-state index in [4.69, 9.17) is 5.73 Å². The van der Waals surface area contributed by atoms with E-state index in [1.807, 2.05) is 24.0 Å². The summed E-state index contributed by atoms with van der Waals surface area (Å²) in [5.41, 5.74) is 8.35. The molecule has 114 valence electrons. The standard InChI is InChI=1S/C15H20N4O.ClH/c1-9-3-12-7-17-18-14(12)13(4-9)15(20)19-8-11(6-16)5-10(19)2;/h3-4,7,10-11H,5-6,8,16H2,1-2H3,(H,17,18);1H. The van der Waals surface area contributed by atoms with Crippen molar-refractivity contribution in [2.75, 3.05) is 13.1 Å². The second-order valence-corrected chi connectivity index (χ2v) is 5.79. The summed E-state index contributed by atoms with van der Waals surface area (Å²) in [5, 5.41) is 7.97. The van der Waals surface area contributed by atoms with Crippen molar-refractivity contribution in [1.82, 2.24) is 15.1 Å². The van der Waals surface area contributed by atoms with E-state index in [1.54, 1.807) is 6.20 Å². The molecule has 1 amide bonds. The normalized spacial score (nSPS) is 21.6. The number of nitrogens with zero attached hydrogens (tertiary/aromatic N) is 2. The van der Waals surface area contributed by atoms with E-state index in [2.05, 4.69) is 17.1 Å². The number of amides is 1. The maximum Gasteiger partial charge on any atom is 0.256 e. The van der Waals surface area contributed by atoms with E-state index in [0.717, 1.165) is 29.4 Å². The lowest BCUT2D eigenvalue weighted by Crippen LogP contribution is -2.34. The summed E-state index contributed by atoms with van der Waals surface area (Å²) in [6.07, 6.45) is 2.75. The molecule has 21 heavy (non-hydrogen) atoms. The number of likely N-dealkylation sites (tertiary alicyclic amines) is 1. The third-order valence-electron chi connectivity index (χ3n) is 4.18. The number of benzene rings is 1. The molecule has 1 aliphatic heterocycles. The predicted octanol–water partition coefficient (Wildman–Crippen LogP) is 2.10. The van der Waals surface area contributed by atoms with Crippen LogP contribution in [0.5, 0.6) is 0 Å². The molecule has 1 aromatic heterocycles. The first kappa shape index (κ1) is 15.8. The van der Waals surface area contributed by atoms with Gasteiger partial charge in [-0.05, 0) is 50.4 Å². The zero-order chi connectivity index (χ0) is 14.3. The quantitative estimate of drug-likeness (QED) is 0.892. The van der Waals surface area contributed by atoms with Gasteiger partial charge >= 0.3 is 0 Å². The van der Waals surface area contributed by atoms with Crippen molar-refractivity contribution in [3.05, 3.63) is 29.5 Å². The number of carbonyl (C=O) groups excluding carboxylic acids is 1. The van der Waals surface area contributed by atoms with Crippen LogP contribution in [0.3, 0.4) is 0 Å². The summed E-state index contributed by atoms with van der Waals surface area (Å²) in [6, 6.07) is 4.21. The Hall–Kier alpha value is -1.59. The van der Waals surface area contributed by atoms with Crippen LogP contribution in [-0.4, -0.2) is 40.1 Å². The van der Waals surface area contributed by atoms with E-state index in [0.29, 0.717) is 18.0 Å². The molecule has 0 aliphatic carbocycles. The number of aryl methyl sites for hydroxylation is 1. The van der Waals surface area contributed by atoms with Gasteiger partial charge in [0.2, 0.25) is 0 Å². The number of aromatic amines is 1. The van der Waals surface area contributed by atoms with E-state index in [1.165, 1.54) is 0 Å². The molecular weight excluding hydrogens is 288 g/mol. The van der Waals surface area contributed by atoms with Crippen LogP contribution < -0.4 is 5.73 Å². The lowest BCUT2D eigenvalue weighted by molar-refractivity contribution is 0.0745. The highest BCUT2D eigenvalue weighted by molar-refractivity contribution is 6.05. The molecular formula is C15H21ClN4O. The van der Waals surface area contributed by atoms with Gasteiger partial charge in [-0.2, -0.15) is 5.10 Å². The van der Waals surface area contributed by atoms with Gasteiger partial charge in [-0.3, -0.25) is 9.89 Å². The molecule has 2 heterocycles. The SMILES string of the molecule is Cc1cc(C(=O)N2CC(CN)CC2C)c2[nH]ncc2c1.Cl. The maximum absolute atomic E-state index is 12.8. The average molecular weight is 309 g/mol. The average Bonchev–Trinajstić information content (AvgIpc) is 3.02. The van der Waals surface area contributed by atoms with Crippen LogP contribution in [0.25, 0.3) is 10.9 Å². The molecule has 1 aliphatic rings. The Kier molecular flexibility index (Phi) is 4.54. The van der Waals surface area contributed by atoms with Crippen molar-refractivity contribution >= 4 is 29.2 Å². The molecule has 3 rings (SSSR count). The minimum atomic E-state index is 0. The van der Waals surface area contributed by atoms with Crippen molar-refractivity contribution in [3.8, 4) is 0 Å². The van der Waals surface area contributed by atoms with Gasteiger partial charge in [-0.25, -0.2) is 0 Å². The highest BCUT2D eigenvalue weighted by Gasteiger charge is 2.32. The van der Waals surface area contributed by atoms with Gasteiger partial charge in [0.25, 0.3) is 5.91 Å². The van der Waals surface area contributed by atoms with Crippen LogP contribution in [0.1, 0.15) is 29.3 Å². The van der Waals surface area contributed by atoms with Crippen LogP contribution in [-0.2, 0) is 0 Å². The van der Waals surface area contributed by atoms with Gasteiger partial charge in [0.1, 0.15) is 0 Å². The Morgan fingerprint density at radius 3 is 2.95 bits per heavy atom. The third-order valence-corrected chi connectivity index (χ3v) is 4.18. The van der Waals surface area contributed by atoms with E-state index < -0.39 is 0 Å². The van der Waals surface area contributed by atoms with Gasteiger partial charge < -0.3 is 10.6 Å². The molecule has 0 bridgehead atoms. The Bertz CT molecular complexity index is 654. The number of aromatic nitrogens is 2. The Morgan fingerprint density at radius 1 is 1.52 bits per heavy atom. The van der Waals surface area contributed by atoms with Crippen molar-refractivity contribution in [2.45, 2.75) is 26.3 Å². The van der Waals surface area contributed by atoms with E-state index in [-0.39, 0.29) is 24.4 Å². The number of nitrogens with one attached hydrogen (secondary N) is 1. The molecule has 2 aromatic rings. The number of fused-ring (bicyclic) bond motifs is 1. The number of rotatable bonds is 2. The largest absolute Gasteiger partial charge is 0.336 e. The molecule has 1 aromatic carbocycles. The summed E-state index contributed by atoms with van der Waals surface area (Å²) >= 11 is 0. The Labute approximate surface area is 130 Å². The molecule has 1 fully saturated rings. The third kappa shape index (κ3) is 2.76. The predicted molar refractivity (Wildman–Crippen MR) is 85.7 cm³/mol. The van der Waals surface area contributed by atoms with Crippen LogP contribution in [0.4, 0.5) is 0 Å². The van der Waals surface area contributed by atoms with E-state index in [9.17, 15) is 4.79 Å². The molecule has 0 saturated carbocycles. The van der Waals surface area contributed by atoms with Gasteiger partial charge in [-0.15, -0.1) is 12.4 Å². The van der Waals surface area contributed by atoms with Crippen molar-refractivity contribution in [2.24, 2.45) is 11.7 Å². The molecule has 1 saturated heterocycles. The first-order valence-electron chi connectivity index (χ1n) is 7.05. The Balaban J connectivity index is 0.00000161. The molecule has 0 spiro atoms. The first-order chi connectivity index (χ1) is 9.60. The van der Waals surface area contributed by atoms with Gasteiger partial charge in [-0.1, -0.05) is 0 Å². The monoisotopic (exact) mass is 308 g/mol.